The topological polar surface area (TPSA) is 65.4 Å². The van der Waals surface area contributed by atoms with Crippen molar-refractivity contribution in [3.63, 3.8) is 0 Å². The normalized spacial score (nSPS) is 15.6. The number of guanidine groups is 1. The number of pyridine rings is 1. The van der Waals surface area contributed by atoms with E-state index in [2.05, 4.69) is 58.4 Å². The second-order valence-corrected chi connectivity index (χ2v) is 8.84. The van der Waals surface area contributed by atoms with Gasteiger partial charge in [0.25, 0.3) is 0 Å². The van der Waals surface area contributed by atoms with Crippen LogP contribution < -0.4 is 15.5 Å². The Kier molecular flexibility index (Phi) is 8.28. The summed E-state index contributed by atoms with van der Waals surface area (Å²) in [6, 6.07) is 4.28. The fraction of sp³-hybridized carbons (Fsp3) is 0.591. The summed E-state index contributed by atoms with van der Waals surface area (Å²) in [5.41, 5.74) is 1.13. The summed E-state index contributed by atoms with van der Waals surface area (Å²) in [4.78, 5) is 17.6. The van der Waals surface area contributed by atoms with E-state index in [0.717, 1.165) is 62.3 Å². The molecule has 0 atom stereocenters. The molecule has 3 heterocycles. The van der Waals surface area contributed by atoms with Crippen molar-refractivity contribution in [2.75, 3.05) is 31.1 Å². The highest BCUT2D eigenvalue weighted by Gasteiger charge is 2.16. The number of thiazole rings is 1. The predicted octanol–water partition coefficient (Wildman–Crippen LogP) is 3.63. The number of nitrogens with zero attached hydrogens (tertiary/aromatic N) is 4. The van der Waals surface area contributed by atoms with E-state index in [-0.39, 0.29) is 0 Å². The van der Waals surface area contributed by atoms with Gasteiger partial charge in [-0.3, -0.25) is 0 Å². The summed E-state index contributed by atoms with van der Waals surface area (Å²) < 4.78 is 0. The van der Waals surface area contributed by atoms with E-state index in [9.17, 15) is 0 Å². The third-order valence-electron chi connectivity index (χ3n) is 5.26. The van der Waals surface area contributed by atoms with Crippen LogP contribution in [0.4, 0.5) is 5.82 Å². The zero-order chi connectivity index (χ0) is 20.5. The lowest BCUT2D eigenvalue weighted by Gasteiger charge is -2.31. The van der Waals surface area contributed by atoms with Crippen molar-refractivity contribution >= 4 is 23.1 Å². The third kappa shape index (κ3) is 6.70. The van der Waals surface area contributed by atoms with Crippen molar-refractivity contribution in [2.45, 2.75) is 53.0 Å². The molecule has 7 heteroatoms. The predicted molar refractivity (Wildman–Crippen MR) is 123 cm³/mol. The molecule has 2 aromatic heterocycles. The lowest BCUT2D eigenvalue weighted by molar-refractivity contribution is 0.436. The zero-order valence-electron chi connectivity index (χ0n) is 17.9. The fourth-order valence-electron chi connectivity index (χ4n) is 3.36. The van der Waals surface area contributed by atoms with Gasteiger partial charge < -0.3 is 15.5 Å². The first-order valence-corrected chi connectivity index (χ1v) is 11.6. The number of piperidine rings is 1. The Bertz CT molecular complexity index is 762. The molecule has 2 aromatic rings. The van der Waals surface area contributed by atoms with E-state index >= 15 is 0 Å². The van der Waals surface area contributed by atoms with Crippen molar-refractivity contribution in [1.29, 1.82) is 0 Å². The third-order valence-corrected chi connectivity index (χ3v) is 6.46. The molecular weight excluding hydrogens is 380 g/mol. The fourth-order valence-corrected chi connectivity index (χ4v) is 4.22. The van der Waals surface area contributed by atoms with E-state index in [1.54, 1.807) is 11.3 Å². The second kappa shape index (κ2) is 11.1. The number of hydrogen-bond donors (Lipinski definition) is 2. The number of rotatable bonds is 8. The molecule has 158 valence electrons. The van der Waals surface area contributed by atoms with Crippen LogP contribution in [-0.2, 0) is 19.4 Å². The highest BCUT2D eigenvalue weighted by atomic mass is 32.1. The molecule has 0 saturated carbocycles. The Hall–Kier alpha value is -2.15. The highest BCUT2D eigenvalue weighted by molar-refractivity contribution is 7.11. The van der Waals surface area contributed by atoms with Crippen LogP contribution in [0.2, 0.25) is 0 Å². The van der Waals surface area contributed by atoms with E-state index < -0.39 is 0 Å². The largest absolute Gasteiger partial charge is 0.357 e. The molecule has 0 radical (unpaired) electrons. The molecule has 0 aromatic carbocycles. The SMILES string of the molecule is CCNC(=NCc1ccc(N2CCC(C)CC2)nc1)NCCc1ncc(CC)s1. The van der Waals surface area contributed by atoms with Gasteiger partial charge in [0.05, 0.1) is 11.6 Å². The zero-order valence-corrected chi connectivity index (χ0v) is 18.8. The Morgan fingerprint density at radius 3 is 2.66 bits per heavy atom. The molecule has 1 saturated heterocycles. The van der Waals surface area contributed by atoms with Gasteiger partial charge >= 0.3 is 0 Å². The van der Waals surface area contributed by atoms with Crippen molar-refractivity contribution < 1.29 is 0 Å². The highest BCUT2D eigenvalue weighted by Crippen LogP contribution is 2.21. The number of aryl methyl sites for hydroxylation is 1. The van der Waals surface area contributed by atoms with Gasteiger partial charge in [-0.15, -0.1) is 11.3 Å². The number of hydrogen-bond acceptors (Lipinski definition) is 5. The van der Waals surface area contributed by atoms with Crippen molar-refractivity contribution in [1.82, 2.24) is 20.6 Å². The number of aromatic nitrogens is 2. The summed E-state index contributed by atoms with van der Waals surface area (Å²) in [7, 11) is 0. The van der Waals surface area contributed by atoms with Gasteiger partial charge in [-0.05, 0) is 43.7 Å². The van der Waals surface area contributed by atoms with Crippen LogP contribution in [0.3, 0.4) is 0 Å². The molecule has 0 bridgehead atoms. The van der Waals surface area contributed by atoms with Gasteiger partial charge in [0, 0.05) is 49.9 Å². The van der Waals surface area contributed by atoms with Gasteiger partial charge in [-0.1, -0.05) is 19.9 Å². The van der Waals surface area contributed by atoms with Crippen LogP contribution in [0.15, 0.2) is 29.5 Å². The lowest BCUT2D eigenvalue weighted by atomic mass is 9.99. The quantitative estimate of drug-likeness (QED) is 0.510. The van der Waals surface area contributed by atoms with Gasteiger partial charge in [-0.25, -0.2) is 15.0 Å². The first-order chi connectivity index (χ1) is 14.2. The molecule has 1 aliphatic rings. The van der Waals surface area contributed by atoms with Crippen LogP contribution in [0.25, 0.3) is 0 Å². The molecule has 1 fully saturated rings. The van der Waals surface area contributed by atoms with Crippen LogP contribution in [0.5, 0.6) is 0 Å². The molecule has 0 spiro atoms. The minimum absolute atomic E-state index is 0.622. The minimum atomic E-state index is 0.622. The summed E-state index contributed by atoms with van der Waals surface area (Å²) in [6.07, 6.45) is 8.43. The maximum absolute atomic E-state index is 4.71. The van der Waals surface area contributed by atoms with Crippen molar-refractivity contribution in [2.24, 2.45) is 10.9 Å². The van der Waals surface area contributed by atoms with Crippen LogP contribution in [0, 0.1) is 5.92 Å². The standard InChI is InChI=1S/C22H34N6S/c1-4-19-16-26-21(29-19)8-11-24-22(23-5-2)27-15-18-6-7-20(25-14-18)28-12-9-17(3)10-13-28/h6-7,14,16-17H,4-5,8-13,15H2,1-3H3,(H2,23,24,27). The molecule has 6 nitrogen and oxygen atoms in total. The van der Waals surface area contributed by atoms with Crippen molar-refractivity contribution in [3.05, 3.63) is 40.0 Å². The Morgan fingerprint density at radius 2 is 2.00 bits per heavy atom. The van der Waals surface area contributed by atoms with E-state index in [1.165, 1.54) is 22.7 Å². The maximum atomic E-state index is 4.71. The van der Waals surface area contributed by atoms with E-state index in [0.29, 0.717) is 6.54 Å². The smallest absolute Gasteiger partial charge is 0.191 e. The Labute approximate surface area is 178 Å². The molecule has 1 aliphatic heterocycles. The first kappa shape index (κ1) is 21.6. The van der Waals surface area contributed by atoms with Crippen LogP contribution in [-0.4, -0.2) is 42.1 Å². The summed E-state index contributed by atoms with van der Waals surface area (Å²) in [6.45, 7) is 11.1. The van der Waals surface area contributed by atoms with E-state index in [4.69, 9.17) is 4.99 Å². The molecule has 2 N–H and O–H groups in total. The van der Waals surface area contributed by atoms with Crippen LogP contribution >= 0.6 is 11.3 Å². The van der Waals surface area contributed by atoms with E-state index in [1.807, 2.05) is 12.4 Å². The minimum Gasteiger partial charge on any atom is -0.357 e. The van der Waals surface area contributed by atoms with Gasteiger partial charge in [0.2, 0.25) is 0 Å². The molecule has 0 aliphatic carbocycles. The second-order valence-electron chi connectivity index (χ2n) is 7.64. The molecule has 0 amide bonds. The Balaban J connectivity index is 1.49. The van der Waals surface area contributed by atoms with Gasteiger partial charge in [-0.2, -0.15) is 0 Å². The molecule has 0 unspecified atom stereocenters. The average Bonchev–Trinajstić information content (AvgIpc) is 3.21. The molecular formula is C22H34N6S. The number of nitrogens with one attached hydrogen (secondary N) is 2. The monoisotopic (exact) mass is 414 g/mol. The summed E-state index contributed by atoms with van der Waals surface area (Å²) in [5, 5.41) is 7.90. The molecule has 3 rings (SSSR count). The van der Waals surface area contributed by atoms with Crippen LogP contribution in [0.1, 0.15) is 49.1 Å². The van der Waals surface area contributed by atoms with Crippen molar-refractivity contribution in [3.8, 4) is 0 Å². The number of anilines is 1. The first-order valence-electron chi connectivity index (χ1n) is 10.8. The van der Waals surface area contributed by atoms with Gasteiger partial charge in [0.15, 0.2) is 5.96 Å². The summed E-state index contributed by atoms with van der Waals surface area (Å²) >= 11 is 1.80. The average molecular weight is 415 g/mol. The Morgan fingerprint density at radius 1 is 1.17 bits per heavy atom. The lowest BCUT2D eigenvalue weighted by Crippen LogP contribution is -2.38. The molecule has 29 heavy (non-hydrogen) atoms. The maximum Gasteiger partial charge on any atom is 0.191 e. The van der Waals surface area contributed by atoms with Gasteiger partial charge in [0.1, 0.15) is 5.82 Å². The number of aliphatic imine (C=N–C) groups is 1. The summed E-state index contributed by atoms with van der Waals surface area (Å²) in [5.74, 6) is 2.76.